The average Bonchev–Trinajstić information content (AvgIpc) is 3.33. The molecule has 0 aliphatic carbocycles. The molecule has 150 valence electrons. The molecule has 1 amide bonds. The molecule has 1 unspecified atom stereocenters. The summed E-state index contributed by atoms with van der Waals surface area (Å²) in [4.78, 5) is 22.3. The van der Waals surface area contributed by atoms with Gasteiger partial charge in [-0.15, -0.1) is 0 Å². The molecule has 1 aliphatic heterocycles. The summed E-state index contributed by atoms with van der Waals surface area (Å²) in [6.07, 6.45) is 4.46. The molecule has 1 aromatic carbocycles. The summed E-state index contributed by atoms with van der Waals surface area (Å²) < 4.78 is 21.0. The summed E-state index contributed by atoms with van der Waals surface area (Å²) in [6.45, 7) is 4.71. The Hall–Kier alpha value is -3.49. The lowest BCUT2D eigenvalue weighted by atomic mass is 10.1. The zero-order chi connectivity index (χ0) is 20.5. The molecule has 0 saturated carbocycles. The van der Waals surface area contributed by atoms with Crippen LogP contribution in [-0.2, 0) is 11.3 Å². The minimum absolute atomic E-state index is 0.0276. The number of nitrogens with zero attached hydrogens (tertiary/aromatic N) is 5. The van der Waals surface area contributed by atoms with Crippen molar-refractivity contribution in [3.63, 3.8) is 0 Å². The van der Waals surface area contributed by atoms with E-state index < -0.39 is 5.82 Å². The molecular formula is C20H21FN6O2. The molecule has 0 radical (unpaired) electrons. The Morgan fingerprint density at radius 1 is 1.45 bits per heavy atom. The van der Waals surface area contributed by atoms with Gasteiger partial charge >= 0.3 is 0 Å². The number of ether oxygens (including phenoxy) is 1. The molecular weight excluding hydrogens is 375 g/mol. The smallest absolute Gasteiger partial charge is 0.246 e. The number of nitrogen functional groups attached to an aromatic ring is 1. The number of fused-ring (bicyclic) bond motifs is 1. The first-order valence-electron chi connectivity index (χ1n) is 9.27. The Labute approximate surface area is 166 Å². The highest BCUT2D eigenvalue weighted by Crippen LogP contribution is 2.33. The van der Waals surface area contributed by atoms with Crippen LogP contribution < -0.4 is 10.5 Å². The van der Waals surface area contributed by atoms with Gasteiger partial charge in [-0.25, -0.2) is 19.0 Å². The van der Waals surface area contributed by atoms with Crippen LogP contribution in [0.25, 0.3) is 22.3 Å². The second kappa shape index (κ2) is 7.50. The number of hydrogen-bond acceptors (Lipinski definition) is 6. The predicted molar refractivity (Wildman–Crippen MR) is 107 cm³/mol. The van der Waals surface area contributed by atoms with E-state index in [0.29, 0.717) is 35.4 Å². The maximum Gasteiger partial charge on any atom is 0.246 e. The third-order valence-corrected chi connectivity index (χ3v) is 5.20. The van der Waals surface area contributed by atoms with Crippen LogP contribution in [0.1, 0.15) is 12.8 Å². The highest BCUT2D eigenvalue weighted by atomic mass is 19.1. The second-order valence-corrected chi connectivity index (χ2v) is 6.87. The Balaban J connectivity index is 1.79. The maximum absolute atomic E-state index is 14.3. The zero-order valence-electron chi connectivity index (χ0n) is 16.0. The van der Waals surface area contributed by atoms with E-state index in [1.54, 1.807) is 15.6 Å². The average molecular weight is 396 g/mol. The first kappa shape index (κ1) is 18.9. The molecule has 3 heterocycles. The van der Waals surface area contributed by atoms with Crippen molar-refractivity contribution in [1.82, 2.24) is 24.6 Å². The van der Waals surface area contributed by atoms with Crippen LogP contribution in [-0.4, -0.2) is 50.3 Å². The number of likely N-dealkylation sites (tertiary alicyclic amines) is 1. The monoisotopic (exact) mass is 396 g/mol. The normalized spacial score (nSPS) is 16.3. The van der Waals surface area contributed by atoms with Crippen LogP contribution in [0.5, 0.6) is 5.75 Å². The molecule has 1 fully saturated rings. The Kier molecular flexibility index (Phi) is 4.87. The molecule has 8 nitrogen and oxygen atoms in total. The van der Waals surface area contributed by atoms with Gasteiger partial charge in [0.25, 0.3) is 0 Å². The summed E-state index contributed by atoms with van der Waals surface area (Å²) in [6, 6.07) is 4.57. The zero-order valence-corrected chi connectivity index (χ0v) is 16.0. The van der Waals surface area contributed by atoms with E-state index in [9.17, 15) is 9.18 Å². The van der Waals surface area contributed by atoms with Crippen LogP contribution in [0, 0.1) is 5.82 Å². The number of hydrogen-bond donors (Lipinski definition) is 1. The van der Waals surface area contributed by atoms with Gasteiger partial charge in [-0.2, -0.15) is 5.10 Å². The Bertz CT molecular complexity index is 1100. The number of methoxy groups -OCH3 is 1. The molecule has 0 spiro atoms. The van der Waals surface area contributed by atoms with Crippen LogP contribution in [0.2, 0.25) is 0 Å². The van der Waals surface area contributed by atoms with Crippen LogP contribution in [0.3, 0.4) is 0 Å². The first-order chi connectivity index (χ1) is 14.0. The lowest BCUT2D eigenvalue weighted by molar-refractivity contribution is -0.127. The molecule has 1 atom stereocenters. The standard InChI is InChI=1S/C20H21FN6O2/c1-3-16(28)26-8-4-5-13(26)10-27-20-17(19(22)23-11-24-20)18(25-27)12-6-7-15(29-2)14(21)9-12/h3,6-7,9,11,13H,1,4-5,8,10H2,2H3,(H2,22,23,24). The van der Waals surface area contributed by atoms with Crippen molar-refractivity contribution in [1.29, 1.82) is 0 Å². The van der Waals surface area contributed by atoms with Gasteiger partial charge in [0.15, 0.2) is 17.2 Å². The fraction of sp³-hybridized carbons (Fsp3) is 0.300. The summed E-state index contributed by atoms with van der Waals surface area (Å²) >= 11 is 0. The second-order valence-electron chi connectivity index (χ2n) is 6.87. The number of nitrogens with two attached hydrogens (primary N) is 1. The predicted octanol–water partition coefficient (Wildman–Crippen LogP) is 2.40. The number of rotatable bonds is 5. The molecule has 9 heteroatoms. The third-order valence-electron chi connectivity index (χ3n) is 5.20. The van der Waals surface area contributed by atoms with Gasteiger partial charge in [-0.3, -0.25) is 4.79 Å². The van der Waals surface area contributed by atoms with Gasteiger partial charge in [0, 0.05) is 12.1 Å². The van der Waals surface area contributed by atoms with E-state index in [2.05, 4.69) is 21.6 Å². The van der Waals surface area contributed by atoms with E-state index in [-0.39, 0.29) is 23.5 Å². The van der Waals surface area contributed by atoms with Gasteiger partial charge in [0.2, 0.25) is 5.91 Å². The number of carbonyl (C=O) groups is 1. The van der Waals surface area contributed by atoms with Crippen molar-refractivity contribution in [2.45, 2.75) is 25.4 Å². The van der Waals surface area contributed by atoms with Gasteiger partial charge < -0.3 is 15.4 Å². The molecule has 3 aromatic rings. The van der Waals surface area contributed by atoms with Crippen molar-refractivity contribution in [2.24, 2.45) is 0 Å². The van der Waals surface area contributed by atoms with Crippen LogP contribution in [0.15, 0.2) is 37.2 Å². The highest BCUT2D eigenvalue weighted by Gasteiger charge is 2.29. The fourth-order valence-electron chi connectivity index (χ4n) is 3.81. The lowest BCUT2D eigenvalue weighted by Crippen LogP contribution is -2.37. The maximum atomic E-state index is 14.3. The van der Waals surface area contributed by atoms with Crippen molar-refractivity contribution < 1.29 is 13.9 Å². The fourth-order valence-corrected chi connectivity index (χ4v) is 3.81. The van der Waals surface area contributed by atoms with Crippen molar-refractivity contribution >= 4 is 22.8 Å². The van der Waals surface area contributed by atoms with Crippen molar-refractivity contribution in [2.75, 3.05) is 19.4 Å². The topological polar surface area (TPSA) is 99.2 Å². The van der Waals surface area contributed by atoms with Gasteiger partial charge in [0.1, 0.15) is 17.8 Å². The quantitative estimate of drug-likeness (QED) is 0.665. The van der Waals surface area contributed by atoms with E-state index in [0.717, 1.165) is 12.8 Å². The number of anilines is 1. The van der Waals surface area contributed by atoms with Gasteiger partial charge in [0.05, 0.1) is 25.1 Å². The minimum atomic E-state index is -0.498. The van der Waals surface area contributed by atoms with E-state index >= 15 is 0 Å². The number of carbonyl (C=O) groups excluding carboxylic acids is 1. The van der Waals surface area contributed by atoms with Crippen molar-refractivity contribution in [3.05, 3.63) is 43.0 Å². The highest BCUT2D eigenvalue weighted by molar-refractivity contribution is 5.98. The van der Waals surface area contributed by atoms with E-state index in [1.165, 1.54) is 31.6 Å². The summed E-state index contributed by atoms with van der Waals surface area (Å²) in [5.74, 6) is -0.193. The summed E-state index contributed by atoms with van der Waals surface area (Å²) in [5, 5.41) is 5.22. The van der Waals surface area contributed by atoms with Crippen LogP contribution >= 0.6 is 0 Å². The molecule has 1 aliphatic rings. The first-order valence-corrected chi connectivity index (χ1v) is 9.27. The molecule has 2 aromatic heterocycles. The SMILES string of the molecule is C=CC(=O)N1CCCC1Cn1nc(-c2ccc(OC)c(F)c2)c2c(N)ncnc21. The minimum Gasteiger partial charge on any atom is -0.494 e. The molecule has 29 heavy (non-hydrogen) atoms. The Morgan fingerprint density at radius 2 is 2.28 bits per heavy atom. The molecule has 1 saturated heterocycles. The number of benzene rings is 1. The van der Waals surface area contributed by atoms with Crippen molar-refractivity contribution in [3.8, 4) is 17.0 Å². The van der Waals surface area contributed by atoms with E-state index in [4.69, 9.17) is 10.5 Å². The number of amides is 1. The van der Waals surface area contributed by atoms with Crippen LogP contribution in [0.4, 0.5) is 10.2 Å². The molecule has 2 N–H and O–H groups in total. The summed E-state index contributed by atoms with van der Waals surface area (Å²) in [7, 11) is 1.41. The third kappa shape index (κ3) is 3.28. The number of halogens is 1. The summed E-state index contributed by atoms with van der Waals surface area (Å²) in [5.41, 5.74) is 7.68. The molecule has 4 rings (SSSR count). The molecule has 0 bridgehead atoms. The van der Waals surface area contributed by atoms with E-state index in [1.807, 2.05) is 0 Å². The Morgan fingerprint density at radius 3 is 3.00 bits per heavy atom. The number of aromatic nitrogens is 4. The van der Waals surface area contributed by atoms with Gasteiger partial charge in [-0.1, -0.05) is 6.58 Å². The largest absolute Gasteiger partial charge is 0.494 e. The lowest BCUT2D eigenvalue weighted by Gasteiger charge is -2.23. The van der Waals surface area contributed by atoms with Gasteiger partial charge in [-0.05, 0) is 37.1 Å².